The normalized spacial score (nSPS) is 13.1. The quantitative estimate of drug-likeness (QED) is 0.0916. The molecule has 0 radical (unpaired) electrons. The van der Waals surface area contributed by atoms with Crippen LogP contribution in [0.25, 0.3) is 0 Å². The number of carbonyl (C=O) groups excluding carboxylic acids is 1. The number of hydrogen-bond donors (Lipinski definition) is 2. The number of methoxy groups -OCH3 is 1. The summed E-state index contributed by atoms with van der Waals surface area (Å²) in [5.74, 6) is 0.727. The van der Waals surface area contributed by atoms with Crippen molar-refractivity contribution in [3.05, 3.63) is 151 Å². The van der Waals surface area contributed by atoms with E-state index in [1.54, 1.807) is 12.1 Å². The molecule has 2 atom stereocenters. The summed E-state index contributed by atoms with van der Waals surface area (Å²) in [6, 6.07) is 36.8. The molecular formula is C42H49N3O7S. The number of amides is 1. The molecule has 5 aromatic rings. The molecule has 1 aromatic heterocycles. The molecule has 10 nitrogen and oxygen atoms in total. The number of nitrogens with zero attached hydrogens (tertiary/aromatic N) is 2. The second kappa shape index (κ2) is 18.7. The van der Waals surface area contributed by atoms with Crippen LogP contribution >= 0.6 is 0 Å². The van der Waals surface area contributed by atoms with Crippen LogP contribution in [0.2, 0.25) is 0 Å². The van der Waals surface area contributed by atoms with Gasteiger partial charge in [-0.15, -0.1) is 0 Å². The first-order valence-corrected chi connectivity index (χ1v) is 19.1. The summed E-state index contributed by atoms with van der Waals surface area (Å²) in [6.45, 7) is 6.09. The Morgan fingerprint density at radius 3 is 1.91 bits per heavy atom. The summed E-state index contributed by atoms with van der Waals surface area (Å²) in [6.07, 6.45) is 1.47. The van der Waals surface area contributed by atoms with Crippen molar-refractivity contribution in [2.45, 2.75) is 56.8 Å². The Bertz CT molecular complexity index is 1880. The zero-order valence-electron chi connectivity index (χ0n) is 30.5. The van der Waals surface area contributed by atoms with Crippen LogP contribution in [-0.4, -0.2) is 67.7 Å². The van der Waals surface area contributed by atoms with Crippen LogP contribution in [-0.2, 0) is 29.5 Å². The molecule has 2 N–H and O–H groups in total. The Labute approximate surface area is 313 Å². The molecule has 0 aliphatic rings. The predicted molar refractivity (Wildman–Crippen MR) is 205 cm³/mol. The van der Waals surface area contributed by atoms with E-state index in [2.05, 4.69) is 34.5 Å². The van der Waals surface area contributed by atoms with Crippen molar-refractivity contribution < 1.29 is 32.2 Å². The third-order valence-corrected chi connectivity index (χ3v) is 10.9. The van der Waals surface area contributed by atoms with E-state index in [0.717, 1.165) is 18.7 Å². The Hall–Kier alpha value is -4.94. The van der Waals surface area contributed by atoms with Gasteiger partial charge in [0, 0.05) is 32.2 Å². The van der Waals surface area contributed by atoms with Crippen molar-refractivity contribution in [1.29, 1.82) is 0 Å². The van der Waals surface area contributed by atoms with Crippen molar-refractivity contribution in [3.8, 4) is 11.5 Å². The fourth-order valence-electron chi connectivity index (χ4n) is 6.14. The van der Waals surface area contributed by atoms with Crippen LogP contribution < -0.4 is 14.8 Å². The number of furan rings is 1. The van der Waals surface area contributed by atoms with Crippen LogP contribution in [0.15, 0.2) is 143 Å². The molecule has 0 saturated carbocycles. The molecule has 53 heavy (non-hydrogen) atoms. The number of aliphatic hydroxyl groups excluding tert-OH is 1. The van der Waals surface area contributed by atoms with Crippen LogP contribution in [0.4, 0.5) is 4.79 Å². The standard InChI is InChI=1S/C42H49N3O7S/c1-42(2,24-25-44(28-34-15-9-5-10-16-34)29-35-17-11-6-12-18-35)32-45(53(48,49)38-21-19-36(50-3)20-22-38)30-40(46)39(27-33-13-7-4-8-14-33)43-41(47)52-37-23-26-51-31-37/h4-23,26,31,39-40,46H,24-25,27-30,32H2,1-3H3,(H,43,47)/t39-,40-/m0/s1. The molecule has 0 aliphatic heterocycles. The highest BCUT2D eigenvalue weighted by Crippen LogP contribution is 2.29. The lowest BCUT2D eigenvalue weighted by molar-refractivity contribution is 0.0891. The summed E-state index contributed by atoms with van der Waals surface area (Å²) >= 11 is 0. The van der Waals surface area contributed by atoms with Gasteiger partial charge in [-0.25, -0.2) is 13.2 Å². The van der Waals surface area contributed by atoms with Gasteiger partial charge in [0.05, 0.1) is 30.4 Å². The first kappa shape index (κ1) is 39.3. The lowest BCUT2D eigenvalue weighted by Crippen LogP contribution is -2.52. The molecule has 4 aromatic carbocycles. The minimum absolute atomic E-state index is 0.0722. The number of aliphatic hydroxyl groups is 1. The topological polar surface area (TPSA) is 122 Å². The van der Waals surface area contributed by atoms with E-state index in [4.69, 9.17) is 13.9 Å². The Morgan fingerprint density at radius 2 is 1.38 bits per heavy atom. The maximum absolute atomic E-state index is 14.4. The highest BCUT2D eigenvalue weighted by molar-refractivity contribution is 7.89. The molecule has 280 valence electrons. The second-order valence-corrected chi connectivity index (χ2v) is 15.9. The molecule has 1 heterocycles. The predicted octanol–water partition coefficient (Wildman–Crippen LogP) is 7.16. The third kappa shape index (κ3) is 12.0. The highest BCUT2D eigenvalue weighted by atomic mass is 32.2. The summed E-state index contributed by atoms with van der Waals surface area (Å²) in [4.78, 5) is 15.4. The molecule has 0 unspecified atom stereocenters. The average molecular weight is 740 g/mol. The summed E-state index contributed by atoms with van der Waals surface area (Å²) < 4.78 is 45.8. The van der Waals surface area contributed by atoms with E-state index >= 15 is 0 Å². The van der Waals surface area contributed by atoms with E-state index in [0.29, 0.717) is 18.7 Å². The molecule has 0 saturated heterocycles. The van der Waals surface area contributed by atoms with Crippen molar-refractivity contribution in [2.24, 2.45) is 5.41 Å². The molecular weight excluding hydrogens is 691 g/mol. The summed E-state index contributed by atoms with van der Waals surface area (Å²) in [7, 11) is -2.60. The number of benzene rings is 4. The maximum Gasteiger partial charge on any atom is 0.413 e. The van der Waals surface area contributed by atoms with E-state index in [1.165, 1.54) is 53.3 Å². The van der Waals surface area contributed by atoms with Gasteiger partial charge in [0.15, 0.2) is 5.75 Å². The van der Waals surface area contributed by atoms with Crippen LogP contribution in [0, 0.1) is 5.41 Å². The van der Waals surface area contributed by atoms with Crippen molar-refractivity contribution in [1.82, 2.24) is 14.5 Å². The van der Waals surface area contributed by atoms with Crippen LogP contribution in [0.1, 0.15) is 37.0 Å². The van der Waals surface area contributed by atoms with Gasteiger partial charge in [0.1, 0.15) is 12.0 Å². The number of hydrogen-bond acceptors (Lipinski definition) is 8. The van der Waals surface area contributed by atoms with Gasteiger partial charge in [-0.2, -0.15) is 4.31 Å². The average Bonchev–Trinajstić information content (AvgIpc) is 3.67. The fraction of sp³-hybridized carbons (Fsp3) is 0.310. The van der Waals surface area contributed by atoms with Crippen molar-refractivity contribution >= 4 is 16.1 Å². The van der Waals surface area contributed by atoms with Gasteiger partial charge >= 0.3 is 6.09 Å². The van der Waals surface area contributed by atoms with Gasteiger partial charge in [0.25, 0.3) is 0 Å². The first-order chi connectivity index (χ1) is 25.5. The van der Waals surface area contributed by atoms with E-state index in [-0.39, 0.29) is 30.2 Å². The number of nitrogens with one attached hydrogen (secondary N) is 1. The van der Waals surface area contributed by atoms with Gasteiger partial charge in [-0.1, -0.05) is 105 Å². The SMILES string of the molecule is COc1ccc(S(=O)(=O)N(C[C@H](O)[C@H](Cc2ccccc2)NC(=O)Oc2ccoc2)CC(C)(C)CCN(Cc2ccccc2)Cc2ccccc2)cc1. The largest absolute Gasteiger partial charge is 0.497 e. The summed E-state index contributed by atoms with van der Waals surface area (Å²) in [5, 5.41) is 14.6. The minimum Gasteiger partial charge on any atom is -0.497 e. The van der Waals surface area contributed by atoms with Gasteiger partial charge in [0.2, 0.25) is 10.0 Å². The first-order valence-electron chi connectivity index (χ1n) is 17.7. The monoisotopic (exact) mass is 739 g/mol. The fourth-order valence-corrected chi connectivity index (χ4v) is 7.79. The molecule has 0 bridgehead atoms. The zero-order chi connectivity index (χ0) is 37.7. The second-order valence-electron chi connectivity index (χ2n) is 13.9. The van der Waals surface area contributed by atoms with E-state index < -0.39 is 33.7 Å². The van der Waals surface area contributed by atoms with Crippen molar-refractivity contribution in [2.75, 3.05) is 26.7 Å². The number of ether oxygens (including phenoxy) is 2. The van der Waals surface area contributed by atoms with E-state index in [9.17, 15) is 18.3 Å². The van der Waals surface area contributed by atoms with Crippen LogP contribution in [0.5, 0.6) is 11.5 Å². The van der Waals surface area contributed by atoms with Gasteiger partial charge in [-0.05, 0) is 65.8 Å². The molecule has 11 heteroatoms. The molecule has 0 spiro atoms. The molecule has 1 amide bonds. The van der Waals surface area contributed by atoms with E-state index in [1.807, 2.05) is 80.6 Å². The molecule has 0 fully saturated rings. The van der Waals surface area contributed by atoms with Crippen molar-refractivity contribution in [3.63, 3.8) is 0 Å². The molecule has 5 rings (SSSR count). The number of sulfonamides is 1. The zero-order valence-corrected chi connectivity index (χ0v) is 31.3. The Morgan fingerprint density at radius 1 is 0.811 bits per heavy atom. The smallest absolute Gasteiger partial charge is 0.413 e. The minimum atomic E-state index is -4.12. The van der Waals surface area contributed by atoms with Gasteiger partial charge < -0.3 is 24.3 Å². The Kier molecular flexibility index (Phi) is 13.9. The lowest BCUT2D eigenvalue weighted by atomic mass is 9.88. The third-order valence-electron chi connectivity index (χ3n) is 9.07. The molecule has 0 aliphatic carbocycles. The van der Waals surface area contributed by atoms with Gasteiger partial charge in [-0.3, -0.25) is 4.90 Å². The number of rotatable bonds is 19. The highest BCUT2D eigenvalue weighted by Gasteiger charge is 2.35. The number of carbonyl (C=O) groups is 1. The summed E-state index contributed by atoms with van der Waals surface area (Å²) in [5.41, 5.74) is 2.71. The van der Waals surface area contributed by atoms with Crippen LogP contribution in [0.3, 0.4) is 0 Å². The Balaban J connectivity index is 1.39. The lowest BCUT2D eigenvalue weighted by Gasteiger charge is -2.36. The maximum atomic E-state index is 14.4.